The Morgan fingerprint density at radius 3 is 2.67 bits per heavy atom. The Kier molecular flexibility index (Phi) is 2.74. The molecule has 1 saturated carbocycles. The van der Waals surface area contributed by atoms with Gasteiger partial charge in [0.1, 0.15) is 0 Å². The summed E-state index contributed by atoms with van der Waals surface area (Å²) in [5.74, 6) is 0. The molecule has 1 heterocycles. The number of urea groups is 1. The monoisotopic (exact) mass is 264 g/mol. The number of aryl methyl sites for hydroxylation is 1. The highest BCUT2D eigenvalue weighted by atomic mass is 35.5. The molecule has 0 unspecified atom stereocenters. The van der Waals surface area contributed by atoms with E-state index in [1.807, 2.05) is 12.1 Å². The average Bonchev–Trinajstić information content (AvgIpc) is 2.34. The standard InChI is InChI=1S/C14H17ClN2O/c1-9-5-6-10(15)12-11(9)14(17-13(18)16-12)7-3-2-4-8-14/h5-6H,2-4,7-8H2,1H3,(H2,16,17,18). The molecule has 0 aromatic heterocycles. The number of fused-ring (bicyclic) bond motifs is 2. The minimum Gasteiger partial charge on any atom is -0.328 e. The molecule has 0 saturated heterocycles. The van der Waals surface area contributed by atoms with Crippen LogP contribution in [0.25, 0.3) is 0 Å². The van der Waals surface area contributed by atoms with Gasteiger partial charge in [0.25, 0.3) is 0 Å². The van der Waals surface area contributed by atoms with Gasteiger partial charge in [-0.1, -0.05) is 36.9 Å². The number of rotatable bonds is 0. The molecule has 1 spiro atoms. The van der Waals surface area contributed by atoms with Crippen LogP contribution in [0.4, 0.5) is 10.5 Å². The fourth-order valence-electron chi connectivity index (χ4n) is 3.38. The lowest BCUT2D eigenvalue weighted by molar-refractivity contribution is 0.208. The molecule has 1 aromatic carbocycles. The number of nitrogens with one attached hydrogen (secondary N) is 2. The first-order valence-electron chi connectivity index (χ1n) is 6.51. The maximum atomic E-state index is 11.9. The molecule has 3 nitrogen and oxygen atoms in total. The molecule has 0 atom stereocenters. The molecular formula is C14H17ClN2O. The zero-order valence-electron chi connectivity index (χ0n) is 10.5. The van der Waals surface area contributed by atoms with Crippen molar-refractivity contribution < 1.29 is 4.79 Å². The van der Waals surface area contributed by atoms with Crippen LogP contribution in [0.15, 0.2) is 12.1 Å². The van der Waals surface area contributed by atoms with E-state index < -0.39 is 0 Å². The van der Waals surface area contributed by atoms with Crippen molar-refractivity contribution in [1.29, 1.82) is 0 Å². The van der Waals surface area contributed by atoms with E-state index >= 15 is 0 Å². The second-order valence-corrected chi connectivity index (χ2v) is 5.74. The van der Waals surface area contributed by atoms with Crippen LogP contribution < -0.4 is 10.6 Å². The fourth-order valence-corrected chi connectivity index (χ4v) is 3.58. The summed E-state index contributed by atoms with van der Waals surface area (Å²) in [7, 11) is 0. The zero-order chi connectivity index (χ0) is 12.8. The van der Waals surface area contributed by atoms with E-state index in [9.17, 15) is 4.79 Å². The molecule has 2 N–H and O–H groups in total. The number of carbonyl (C=O) groups excluding carboxylic acids is 1. The Morgan fingerprint density at radius 1 is 1.22 bits per heavy atom. The van der Waals surface area contributed by atoms with Crippen LogP contribution in [-0.2, 0) is 5.54 Å². The Morgan fingerprint density at radius 2 is 1.94 bits per heavy atom. The third-order valence-corrected chi connectivity index (χ3v) is 4.45. The van der Waals surface area contributed by atoms with Crippen molar-refractivity contribution in [3.63, 3.8) is 0 Å². The molecule has 2 amide bonds. The Bertz CT molecular complexity index is 507. The molecule has 0 bridgehead atoms. The maximum Gasteiger partial charge on any atom is 0.319 e. The summed E-state index contributed by atoms with van der Waals surface area (Å²) in [5.41, 5.74) is 2.99. The number of amides is 2. The summed E-state index contributed by atoms with van der Waals surface area (Å²) in [6.07, 6.45) is 5.58. The van der Waals surface area contributed by atoms with Gasteiger partial charge in [-0.15, -0.1) is 0 Å². The summed E-state index contributed by atoms with van der Waals surface area (Å²) in [4.78, 5) is 11.9. The molecule has 96 valence electrons. The summed E-state index contributed by atoms with van der Waals surface area (Å²) in [6.45, 7) is 2.09. The van der Waals surface area contributed by atoms with Crippen molar-refractivity contribution in [3.8, 4) is 0 Å². The largest absolute Gasteiger partial charge is 0.328 e. The fraction of sp³-hybridized carbons (Fsp3) is 0.500. The molecule has 1 aromatic rings. The van der Waals surface area contributed by atoms with Gasteiger partial charge < -0.3 is 10.6 Å². The molecule has 1 fully saturated rings. The number of hydrogen-bond acceptors (Lipinski definition) is 1. The SMILES string of the molecule is Cc1ccc(Cl)c2c1C1(CCCCC1)NC(=O)N2. The first kappa shape index (κ1) is 11.8. The predicted molar refractivity (Wildman–Crippen MR) is 73.1 cm³/mol. The van der Waals surface area contributed by atoms with E-state index in [1.165, 1.54) is 17.5 Å². The lowest BCUT2D eigenvalue weighted by Crippen LogP contribution is -2.53. The predicted octanol–water partition coefficient (Wildman–Crippen LogP) is 3.94. The Balaban J connectivity index is 2.20. The average molecular weight is 265 g/mol. The van der Waals surface area contributed by atoms with Gasteiger partial charge in [-0.2, -0.15) is 0 Å². The van der Waals surface area contributed by atoms with E-state index in [4.69, 9.17) is 11.6 Å². The highest BCUT2D eigenvalue weighted by Gasteiger charge is 2.42. The zero-order valence-corrected chi connectivity index (χ0v) is 11.2. The maximum absolute atomic E-state index is 11.9. The topological polar surface area (TPSA) is 41.1 Å². The van der Waals surface area contributed by atoms with Gasteiger partial charge in [-0.25, -0.2) is 4.79 Å². The Hall–Kier alpha value is -1.22. The van der Waals surface area contributed by atoms with Gasteiger partial charge in [0.15, 0.2) is 0 Å². The van der Waals surface area contributed by atoms with Crippen LogP contribution in [0.5, 0.6) is 0 Å². The van der Waals surface area contributed by atoms with Crippen LogP contribution in [0.2, 0.25) is 5.02 Å². The minimum absolute atomic E-state index is 0.128. The number of anilines is 1. The lowest BCUT2D eigenvalue weighted by atomic mass is 9.73. The minimum atomic E-state index is -0.203. The number of carbonyl (C=O) groups is 1. The van der Waals surface area contributed by atoms with Crippen molar-refractivity contribution in [2.45, 2.75) is 44.6 Å². The van der Waals surface area contributed by atoms with Crippen molar-refractivity contribution >= 4 is 23.3 Å². The summed E-state index contributed by atoms with van der Waals surface area (Å²) in [6, 6.07) is 3.77. The van der Waals surface area contributed by atoms with E-state index in [0.29, 0.717) is 5.02 Å². The van der Waals surface area contributed by atoms with Gasteiger partial charge in [0.05, 0.1) is 16.2 Å². The van der Waals surface area contributed by atoms with Crippen LogP contribution in [-0.4, -0.2) is 6.03 Å². The van der Waals surface area contributed by atoms with Gasteiger partial charge in [0.2, 0.25) is 0 Å². The quantitative estimate of drug-likeness (QED) is 0.732. The molecule has 2 aliphatic rings. The molecular weight excluding hydrogens is 248 g/mol. The molecule has 0 radical (unpaired) electrons. The van der Waals surface area contributed by atoms with Gasteiger partial charge >= 0.3 is 6.03 Å². The molecule has 1 aliphatic heterocycles. The van der Waals surface area contributed by atoms with E-state index in [1.54, 1.807) is 0 Å². The third-order valence-electron chi connectivity index (χ3n) is 4.14. The normalized spacial score (nSPS) is 21.1. The number of benzene rings is 1. The number of halogens is 1. The van der Waals surface area contributed by atoms with Crippen molar-refractivity contribution in [2.24, 2.45) is 0 Å². The second kappa shape index (κ2) is 4.16. The third kappa shape index (κ3) is 1.69. The van der Waals surface area contributed by atoms with Gasteiger partial charge in [-0.05, 0) is 31.4 Å². The van der Waals surface area contributed by atoms with E-state index in [-0.39, 0.29) is 11.6 Å². The summed E-state index contributed by atoms with van der Waals surface area (Å²) < 4.78 is 0. The smallest absolute Gasteiger partial charge is 0.319 e. The molecule has 3 rings (SSSR count). The van der Waals surface area contributed by atoms with Crippen molar-refractivity contribution in [1.82, 2.24) is 5.32 Å². The molecule has 18 heavy (non-hydrogen) atoms. The summed E-state index contributed by atoms with van der Waals surface area (Å²) >= 11 is 6.24. The van der Waals surface area contributed by atoms with Gasteiger partial charge in [-0.3, -0.25) is 0 Å². The number of hydrogen-bond donors (Lipinski definition) is 2. The first-order chi connectivity index (χ1) is 8.62. The highest BCUT2D eigenvalue weighted by molar-refractivity contribution is 6.34. The lowest BCUT2D eigenvalue weighted by Gasteiger charge is -2.43. The molecule has 1 aliphatic carbocycles. The van der Waals surface area contributed by atoms with E-state index in [2.05, 4.69) is 17.6 Å². The molecule has 4 heteroatoms. The Labute approximate surface area is 112 Å². The van der Waals surface area contributed by atoms with Crippen molar-refractivity contribution in [2.75, 3.05) is 5.32 Å². The summed E-state index contributed by atoms with van der Waals surface area (Å²) in [5, 5.41) is 6.64. The second-order valence-electron chi connectivity index (χ2n) is 5.34. The van der Waals surface area contributed by atoms with Crippen LogP contribution >= 0.6 is 11.6 Å². The van der Waals surface area contributed by atoms with Crippen molar-refractivity contribution in [3.05, 3.63) is 28.3 Å². The van der Waals surface area contributed by atoms with Gasteiger partial charge in [0, 0.05) is 5.56 Å². The van der Waals surface area contributed by atoms with Crippen LogP contribution in [0.3, 0.4) is 0 Å². The highest BCUT2D eigenvalue weighted by Crippen LogP contribution is 2.46. The van der Waals surface area contributed by atoms with E-state index in [0.717, 1.165) is 31.4 Å². The van der Waals surface area contributed by atoms with Crippen LogP contribution in [0.1, 0.15) is 43.2 Å². The van der Waals surface area contributed by atoms with Crippen LogP contribution in [0, 0.1) is 6.92 Å². The first-order valence-corrected chi connectivity index (χ1v) is 6.89.